The zero-order chi connectivity index (χ0) is 14.9. The summed E-state index contributed by atoms with van der Waals surface area (Å²) in [6.07, 6.45) is 7.45. The number of fused-ring (bicyclic) bond motifs is 1. The fourth-order valence-electron chi connectivity index (χ4n) is 4.10. The third-order valence-electron chi connectivity index (χ3n) is 4.89. The summed E-state index contributed by atoms with van der Waals surface area (Å²) < 4.78 is 1.39. The van der Waals surface area contributed by atoms with Crippen LogP contribution in [0.25, 0.3) is 10.1 Å². The Labute approximate surface area is 132 Å². The Balaban J connectivity index is 1.76. The molecule has 0 spiro atoms. The van der Waals surface area contributed by atoms with Gasteiger partial charge in [0.1, 0.15) is 0 Å². The van der Waals surface area contributed by atoms with E-state index in [1.807, 2.05) is 11.3 Å². The van der Waals surface area contributed by atoms with Gasteiger partial charge in [0.2, 0.25) is 0 Å². The van der Waals surface area contributed by atoms with Crippen LogP contribution in [0.4, 0.5) is 0 Å². The molecule has 0 saturated heterocycles. The monoisotopic (exact) mass is 301 g/mol. The van der Waals surface area contributed by atoms with E-state index in [9.17, 15) is 0 Å². The highest BCUT2D eigenvalue weighted by molar-refractivity contribution is 7.17. The van der Waals surface area contributed by atoms with E-state index in [2.05, 4.69) is 43.5 Å². The lowest BCUT2D eigenvalue weighted by Gasteiger charge is -2.39. The first kappa shape index (κ1) is 15.1. The Morgan fingerprint density at radius 1 is 1.33 bits per heavy atom. The van der Waals surface area contributed by atoms with Crippen molar-refractivity contribution < 1.29 is 0 Å². The van der Waals surface area contributed by atoms with Gasteiger partial charge in [0, 0.05) is 10.2 Å². The van der Waals surface area contributed by atoms with Gasteiger partial charge in [-0.05, 0) is 59.9 Å². The van der Waals surface area contributed by atoms with E-state index in [1.54, 1.807) is 0 Å². The Bertz CT molecular complexity index is 600. The molecule has 1 heterocycles. The Morgan fingerprint density at radius 2 is 2.14 bits per heavy atom. The molecule has 1 fully saturated rings. The molecule has 2 atom stereocenters. The zero-order valence-electron chi connectivity index (χ0n) is 13.3. The summed E-state index contributed by atoms with van der Waals surface area (Å²) in [6.45, 7) is 4.67. The normalized spacial score (nSPS) is 26.6. The second-order valence-electron chi connectivity index (χ2n) is 7.39. The van der Waals surface area contributed by atoms with Gasteiger partial charge in [0.05, 0.1) is 0 Å². The molecule has 1 aliphatic rings. The van der Waals surface area contributed by atoms with Gasteiger partial charge < -0.3 is 5.73 Å². The third-order valence-corrected chi connectivity index (χ3v) is 5.90. The summed E-state index contributed by atoms with van der Waals surface area (Å²) in [5.41, 5.74) is 8.29. The fourth-order valence-corrected chi connectivity index (χ4v) is 5.06. The fraction of sp³-hybridized carbons (Fsp3) is 0.579. The average Bonchev–Trinajstić information content (AvgIpc) is 2.81. The van der Waals surface area contributed by atoms with Crippen LogP contribution in [0.5, 0.6) is 0 Å². The number of hydrogen-bond acceptors (Lipinski definition) is 2. The van der Waals surface area contributed by atoms with Crippen molar-refractivity contribution in [1.82, 2.24) is 0 Å². The molecule has 2 heteroatoms. The molecule has 0 bridgehead atoms. The lowest BCUT2D eigenvalue weighted by molar-refractivity contribution is 0.201. The molecule has 114 valence electrons. The van der Waals surface area contributed by atoms with E-state index in [0.717, 1.165) is 18.3 Å². The van der Waals surface area contributed by atoms with Crippen LogP contribution in [-0.2, 0) is 6.42 Å². The van der Waals surface area contributed by atoms with E-state index >= 15 is 0 Å². The molecule has 1 aliphatic carbocycles. The van der Waals surface area contributed by atoms with E-state index in [-0.39, 0.29) is 5.54 Å². The van der Waals surface area contributed by atoms with Gasteiger partial charge in [-0.2, -0.15) is 0 Å². The predicted octanol–water partition coefficient (Wildman–Crippen LogP) is 5.38. The van der Waals surface area contributed by atoms with Crippen LogP contribution in [-0.4, -0.2) is 5.54 Å². The van der Waals surface area contributed by atoms with Crippen LogP contribution < -0.4 is 5.73 Å². The lowest BCUT2D eigenvalue weighted by Crippen LogP contribution is -2.46. The molecular weight excluding hydrogens is 274 g/mol. The first-order chi connectivity index (χ1) is 10.1. The van der Waals surface area contributed by atoms with E-state index < -0.39 is 0 Å². The maximum Gasteiger partial charge on any atom is 0.0345 e. The second kappa shape index (κ2) is 6.10. The molecule has 0 radical (unpaired) electrons. The molecule has 2 unspecified atom stereocenters. The third kappa shape index (κ3) is 3.49. The number of hydrogen-bond donors (Lipinski definition) is 1. The highest BCUT2D eigenvalue weighted by Gasteiger charge is 2.33. The van der Waals surface area contributed by atoms with Gasteiger partial charge in [0.15, 0.2) is 0 Å². The van der Waals surface area contributed by atoms with Crippen molar-refractivity contribution in [1.29, 1.82) is 0 Å². The number of nitrogens with two attached hydrogens (primary N) is 1. The molecule has 0 aliphatic heterocycles. The molecule has 2 N–H and O–H groups in total. The van der Waals surface area contributed by atoms with Crippen molar-refractivity contribution in [2.45, 2.75) is 57.9 Å². The molecule has 21 heavy (non-hydrogen) atoms. The summed E-state index contributed by atoms with van der Waals surface area (Å²) >= 11 is 1.86. The lowest BCUT2D eigenvalue weighted by atomic mass is 9.71. The van der Waals surface area contributed by atoms with Gasteiger partial charge >= 0.3 is 0 Å². The van der Waals surface area contributed by atoms with Crippen molar-refractivity contribution >= 4 is 21.4 Å². The van der Waals surface area contributed by atoms with Crippen LogP contribution in [0.3, 0.4) is 0 Å². The van der Waals surface area contributed by atoms with Crippen LogP contribution in [0.1, 0.15) is 51.5 Å². The molecule has 0 amide bonds. The van der Waals surface area contributed by atoms with Crippen LogP contribution in [0.15, 0.2) is 29.6 Å². The predicted molar refractivity (Wildman–Crippen MR) is 93.9 cm³/mol. The van der Waals surface area contributed by atoms with E-state index in [0.29, 0.717) is 0 Å². The summed E-state index contributed by atoms with van der Waals surface area (Å²) in [6, 6.07) is 8.73. The van der Waals surface area contributed by atoms with Crippen LogP contribution in [0, 0.1) is 11.8 Å². The summed E-state index contributed by atoms with van der Waals surface area (Å²) in [5.74, 6) is 1.62. The van der Waals surface area contributed by atoms with Gasteiger partial charge in [-0.25, -0.2) is 0 Å². The Hall–Kier alpha value is -0.860. The largest absolute Gasteiger partial charge is 0.325 e. The van der Waals surface area contributed by atoms with Crippen molar-refractivity contribution in [3.05, 3.63) is 35.2 Å². The minimum atomic E-state index is 0.0155. The quantitative estimate of drug-likeness (QED) is 0.806. The minimum absolute atomic E-state index is 0.0155. The number of benzene rings is 1. The first-order valence-electron chi connectivity index (χ1n) is 8.30. The van der Waals surface area contributed by atoms with Gasteiger partial charge in [0.25, 0.3) is 0 Å². The first-order valence-corrected chi connectivity index (χ1v) is 9.18. The highest BCUT2D eigenvalue weighted by Crippen LogP contribution is 2.38. The average molecular weight is 301 g/mol. The minimum Gasteiger partial charge on any atom is -0.325 e. The summed E-state index contributed by atoms with van der Waals surface area (Å²) in [5, 5.41) is 3.74. The summed E-state index contributed by atoms with van der Waals surface area (Å²) in [4.78, 5) is 0. The molecule has 1 aromatic carbocycles. The smallest absolute Gasteiger partial charge is 0.0345 e. The van der Waals surface area contributed by atoms with Gasteiger partial charge in [-0.3, -0.25) is 0 Å². The topological polar surface area (TPSA) is 26.0 Å². The molecule has 1 nitrogen and oxygen atoms in total. The van der Waals surface area contributed by atoms with Crippen molar-refractivity contribution in [3.8, 4) is 0 Å². The Kier molecular flexibility index (Phi) is 4.37. The highest BCUT2D eigenvalue weighted by atomic mass is 32.1. The molecule has 1 aromatic heterocycles. The van der Waals surface area contributed by atoms with Gasteiger partial charge in [-0.15, -0.1) is 11.3 Å². The van der Waals surface area contributed by atoms with Crippen molar-refractivity contribution in [2.75, 3.05) is 0 Å². The van der Waals surface area contributed by atoms with Crippen molar-refractivity contribution in [2.24, 2.45) is 17.6 Å². The molecular formula is C19H27NS. The standard InChI is InChI=1S/C19H27NS/c1-14(2)10-15-6-5-9-19(20,11-15)12-16-13-21-18-8-4-3-7-17(16)18/h3-4,7-8,13-15H,5-6,9-12,20H2,1-2H3. The zero-order valence-corrected chi connectivity index (χ0v) is 14.1. The Morgan fingerprint density at radius 3 is 2.95 bits per heavy atom. The van der Waals surface area contributed by atoms with Crippen molar-refractivity contribution in [3.63, 3.8) is 0 Å². The van der Waals surface area contributed by atoms with E-state index in [1.165, 1.54) is 47.8 Å². The molecule has 1 saturated carbocycles. The maximum absolute atomic E-state index is 6.81. The maximum atomic E-state index is 6.81. The second-order valence-corrected chi connectivity index (χ2v) is 8.30. The van der Waals surface area contributed by atoms with Crippen LogP contribution in [0.2, 0.25) is 0 Å². The molecule has 3 rings (SSSR count). The SMILES string of the molecule is CC(C)CC1CCCC(N)(Cc2csc3ccccc23)C1. The summed E-state index contributed by atoms with van der Waals surface area (Å²) in [7, 11) is 0. The van der Waals surface area contributed by atoms with Gasteiger partial charge in [-0.1, -0.05) is 44.9 Å². The molecule has 2 aromatic rings. The van der Waals surface area contributed by atoms with E-state index in [4.69, 9.17) is 5.73 Å². The van der Waals surface area contributed by atoms with Crippen LogP contribution >= 0.6 is 11.3 Å². The number of thiophene rings is 1. The number of rotatable bonds is 4.